The molecule has 18 heavy (non-hydrogen) atoms. The largest absolute Gasteiger partial charge is 0.380 e. The molecule has 1 N–H and O–H groups in total. The Kier molecular flexibility index (Phi) is 3.85. The first-order chi connectivity index (χ1) is 8.84. The molecular formula is C14H18ClNO2. The number of ether oxygens (including phenoxy) is 2. The molecular weight excluding hydrogens is 250 g/mol. The van der Waals surface area contributed by atoms with Crippen molar-refractivity contribution in [3.05, 3.63) is 34.3 Å². The van der Waals surface area contributed by atoms with E-state index in [1.165, 1.54) is 5.56 Å². The molecule has 0 aromatic heterocycles. The molecule has 1 atom stereocenters. The standard InChI is InChI=1S/C14H18ClNO2/c15-13-6-10(11-7-18-8-11)2-3-12(13)14-9-17-5-1-4-16-14/h2-3,6,11,14,16H,1,4-5,7-9H2. The van der Waals surface area contributed by atoms with Crippen molar-refractivity contribution in [2.45, 2.75) is 18.4 Å². The lowest BCUT2D eigenvalue weighted by Gasteiger charge is -2.27. The molecule has 3 rings (SSSR count). The molecule has 0 bridgehead atoms. The van der Waals surface area contributed by atoms with Crippen LogP contribution in [-0.4, -0.2) is 33.0 Å². The van der Waals surface area contributed by atoms with Crippen LogP contribution in [0.4, 0.5) is 0 Å². The first kappa shape index (κ1) is 12.4. The Morgan fingerprint density at radius 3 is 2.78 bits per heavy atom. The average Bonchev–Trinajstić information content (AvgIpc) is 2.55. The van der Waals surface area contributed by atoms with E-state index in [-0.39, 0.29) is 6.04 Å². The van der Waals surface area contributed by atoms with Gasteiger partial charge in [-0.1, -0.05) is 23.7 Å². The van der Waals surface area contributed by atoms with Crippen LogP contribution < -0.4 is 5.32 Å². The molecule has 0 aliphatic carbocycles. The van der Waals surface area contributed by atoms with Gasteiger partial charge in [-0.3, -0.25) is 0 Å². The van der Waals surface area contributed by atoms with Gasteiger partial charge in [-0.15, -0.1) is 0 Å². The zero-order chi connectivity index (χ0) is 12.4. The van der Waals surface area contributed by atoms with E-state index >= 15 is 0 Å². The average molecular weight is 268 g/mol. The third kappa shape index (κ3) is 2.54. The summed E-state index contributed by atoms with van der Waals surface area (Å²) in [5, 5.41) is 4.32. The van der Waals surface area contributed by atoms with Gasteiger partial charge < -0.3 is 14.8 Å². The highest BCUT2D eigenvalue weighted by Gasteiger charge is 2.23. The number of halogens is 1. The van der Waals surface area contributed by atoms with E-state index in [4.69, 9.17) is 21.1 Å². The fraction of sp³-hybridized carbons (Fsp3) is 0.571. The second kappa shape index (κ2) is 5.57. The maximum Gasteiger partial charge on any atom is 0.0662 e. The molecule has 1 aromatic carbocycles. The maximum atomic E-state index is 6.40. The molecule has 0 amide bonds. The minimum absolute atomic E-state index is 0.215. The molecule has 2 saturated heterocycles. The predicted molar refractivity (Wildman–Crippen MR) is 71.2 cm³/mol. The molecule has 2 aliphatic rings. The first-order valence-electron chi connectivity index (χ1n) is 6.53. The minimum atomic E-state index is 0.215. The fourth-order valence-corrected chi connectivity index (χ4v) is 2.74. The molecule has 2 heterocycles. The summed E-state index contributed by atoms with van der Waals surface area (Å²) in [5.41, 5.74) is 2.42. The number of hydrogen-bond acceptors (Lipinski definition) is 3. The summed E-state index contributed by atoms with van der Waals surface area (Å²) < 4.78 is 10.8. The Hall–Kier alpha value is -0.610. The van der Waals surface area contributed by atoms with Gasteiger partial charge in [0.05, 0.1) is 25.9 Å². The number of hydrogen-bond donors (Lipinski definition) is 1. The number of nitrogens with one attached hydrogen (secondary N) is 1. The molecule has 98 valence electrons. The topological polar surface area (TPSA) is 30.5 Å². The van der Waals surface area contributed by atoms with Crippen molar-refractivity contribution >= 4 is 11.6 Å². The lowest BCUT2D eigenvalue weighted by molar-refractivity contribution is 0.00841. The summed E-state index contributed by atoms with van der Waals surface area (Å²) in [6.45, 7) is 4.16. The van der Waals surface area contributed by atoms with E-state index in [1.54, 1.807) is 0 Å². The van der Waals surface area contributed by atoms with E-state index in [0.29, 0.717) is 12.5 Å². The van der Waals surface area contributed by atoms with E-state index in [9.17, 15) is 0 Å². The Morgan fingerprint density at radius 1 is 1.17 bits per heavy atom. The van der Waals surface area contributed by atoms with Gasteiger partial charge in [-0.05, 0) is 30.2 Å². The second-order valence-electron chi connectivity index (χ2n) is 4.95. The van der Waals surface area contributed by atoms with E-state index in [0.717, 1.165) is 43.4 Å². The predicted octanol–water partition coefficient (Wildman–Crippen LogP) is 2.50. The van der Waals surface area contributed by atoms with Gasteiger partial charge >= 0.3 is 0 Å². The summed E-state index contributed by atoms with van der Waals surface area (Å²) in [5.74, 6) is 0.523. The summed E-state index contributed by atoms with van der Waals surface area (Å²) in [6.07, 6.45) is 1.06. The van der Waals surface area contributed by atoms with Crippen LogP contribution in [0.5, 0.6) is 0 Å². The van der Waals surface area contributed by atoms with Crippen LogP contribution >= 0.6 is 11.6 Å². The van der Waals surface area contributed by atoms with Gasteiger partial charge in [0, 0.05) is 17.5 Å². The summed E-state index contributed by atoms with van der Waals surface area (Å²) >= 11 is 6.40. The van der Waals surface area contributed by atoms with Crippen LogP contribution in [0.3, 0.4) is 0 Å². The lowest BCUT2D eigenvalue weighted by atomic mass is 9.95. The Balaban J connectivity index is 1.78. The molecule has 1 aromatic rings. The van der Waals surface area contributed by atoms with Crippen LogP contribution in [0.2, 0.25) is 5.02 Å². The fourth-order valence-electron chi connectivity index (χ4n) is 2.42. The Bertz CT molecular complexity index is 412. The highest BCUT2D eigenvalue weighted by Crippen LogP contribution is 2.31. The van der Waals surface area contributed by atoms with Gasteiger partial charge in [0.2, 0.25) is 0 Å². The van der Waals surface area contributed by atoms with Gasteiger partial charge in [-0.2, -0.15) is 0 Å². The smallest absolute Gasteiger partial charge is 0.0662 e. The number of benzene rings is 1. The molecule has 2 aliphatic heterocycles. The maximum absolute atomic E-state index is 6.40. The minimum Gasteiger partial charge on any atom is -0.380 e. The van der Waals surface area contributed by atoms with Gasteiger partial charge in [0.25, 0.3) is 0 Å². The Morgan fingerprint density at radius 2 is 2.06 bits per heavy atom. The zero-order valence-electron chi connectivity index (χ0n) is 10.3. The molecule has 2 fully saturated rings. The number of rotatable bonds is 2. The van der Waals surface area contributed by atoms with Gasteiger partial charge in [-0.25, -0.2) is 0 Å². The molecule has 1 unspecified atom stereocenters. The molecule has 0 spiro atoms. The molecule has 0 radical (unpaired) electrons. The van der Waals surface area contributed by atoms with Crippen molar-refractivity contribution in [1.29, 1.82) is 0 Å². The second-order valence-corrected chi connectivity index (χ2v) is 5.36. The molecule has 0 saturated carbocycles. The summed E-state index contributed by atoms with van der Waals surface area (Å²) in [4.78, 5) is 0. The molecule has 3 nitrogen and oxygen atoms in total. The van der Waals surface area contributed by atoms with Crippen molar-refractivity contribution in [3.63, 3.8) is 0 Å². The van der Waals surface area contributed by atoms with Crippen molar-refractivity contribution in [3.8, 4) is 0 Å². The summed E-state index contributed by atoms with van der Waals surface area (Å²) in [7, 11) is 0. The van der Waals surface area contributed by atoms with E-state index in [2.05, 4.69) is 23.5 Å². The van der Waals surface area contributed by atoms with Gasteiger partial charge in [0.15, 0.2) is 0 Å². The third-order valence-electron chi connectivity index (χ3n) is 3.65. The summed E-state index contributed by atoms with van der Waals surface area (Å²) in [6, 6.07) is 6.59. The third-order valence-corrected chi connectivity index (χ3v) is 3.98. The van der Waals surface area contributed by atoms with Crippen LogP contribution in [-0.2, 0) is 9.47 Å². The van der Waals surface area contributed by atoms with Crippen molar-refractivity contribution < 1.29 is 9.47 Å². The van der Waals surface area contributed by atoms with Crippen LogP contribution in [0.15, 0.2) is 18.2 Å². The molecule has 4 heteroatoms. The lowest BCUT2D eigenvalue weighted by Crippen LogP contribution is -2.26. The van der Waals surface area contributed by atoms with E-state index in [1.807, 2.05) is 0 Å². The van der Waals surface area contributed by atoms with Crippen LogP contribution in [0, 0.1) is 0 Å². The SMILES string of the molecule is Clc1cc(C2COC2)ccc1C1COCCCN1. The van der Waals surface area contributed by atoms with Crippen molar-refractivity contribution in [2.75, 3.05) is 33.0 Å². The van der Waals surface area contributed by atoms with Crippen molar-refractivity contribution in [2.24, 2.45) is 0 Å². The van der Waals surface area contributed by atoms with E-state index < -0.39 is 0 Å². The quantitative estimate of drug-likeness (QED) is 0.893. The van der Waals surface area contributed by atoms with Crippen LogP contribution in [0.1, 0.15) is 29.5 Å². The zero-order valence-corrected chi connectivity index (χ0v) is 11.1. The normalized spacial score (nSPS) is 25.5. The highest BCUT2D eigenvalue weighted by atomic mass is 35.5. The van der Waals surface area contributed by atoms with Gasteiger partial charge in [0.1, 0.15) is 0 Å². The first-order valence-corrected chi connectivity index (χ1v) is 6.90. The Labute approximate surface area is 112 Å². The monoisotopic (exact) mass is 267 g/mol. The highest BCUT2D eigenvalue weighted by molar-refractivity contribution is 6.31. The van der Waals surface area contributed by atoms with Crippen LogP contribution in [0.25, 0.3) is 0 Å². The van der Waals surface area contributed by atoms with Crippen molar-refractivity contribution in [1.82, 2.24) is 5.32 Å².